The first-order valence-electron chi connectivity index (χ1n) is 9.32. The van der Waals surface area contributed by atoms with E-state index in [1.165, 1.54) is 13.3 Å². The maximum absolute atomic E-state index is 12.2. The summed E-state index contributed by atoms with van der Waals surface area (Å²) < 4.78 is 0. The summed E-state index contributed by atoms with van der Waals surface area (Å²) >= 11 is 0. The van der Waals surface area contributed by atoms with Crippen molar-refractivity contribution in [3.63, 3.8) is 0 Å². The van der Waals surface area contributed by atoms with Crippen LogP contribution >= 0.6 is 0 Å². The molecule has 1 saturated carbocycles. The summed E-state index contributed by atoms with van der Waals surface area (Å²) in [7, 11) is 0. The van der Waals surface area contributed by atoms with Gasteiger partial charge in [0.15, 0.2) is 5.78 Å². The van der Waals surface area contributed by atoms with Crippen LogP contribution in [0.25, 0.3) is 0 Å². The highest BCUT2D eigenvalue weighted by Crippen LogP contribution is 2.39. The van der Waals surface area contributed by atoms with Gasteiger partial charge in [0.25, 0.3) is 0 Å². The number of aliphatic hydroxyl groups is 1. The van der Waals surface area contributed by atoms with Gasteiger partial charge >= 0.3 is 0 Å². The van der Waals surface area contributed by atoms with Gasteiger partial charge < -0.3 is 15.3 Å². The van der Waals surface area contributed by atoms with Gasteiger partial charge in [0.05, 0.1) is 5.60 Å². The lowest BCUT2D eigenvalue weighted by atomic mass is 9.71. The van der Waals surface area contributed by atoms with Crippen LogP contribution in [0.5, 0.6) is 0 Å². The Morgan fingerprint density at radius 3 is 2.72 bits per heavy atom. The first-order valence-corrected chi connectivity index (χ1v) is 9.32. The topological polar surface area (TPSA) is 69.6 Å². The van der Waals surface area contributed by atoms with Gasteiger partial charge in [-0.2, -0.15) is 0 Å². The average molecular weight is 344 g/mol. The lowest BCUT2D eigenvalue weighted by Gasteiger charge is -2.47. The molecule has 1 amide bonds. The number of nitrogens with one attached hydrogen (secondary N) is 1. The zero-order valence-corrected chi connectivity index (χ0v) is 15.0. The van der Waals surface area contributed by atoms with E-state index in [0.29, 0.717) is 17.9 Å². The fraction of sp³-hybridized carbons (Fsp3) is 0.600. The van der Waals surface area contributed by atoms with Gasteiger partial charge in [-0.3, -0.25) is 9.59 Å². The maximum atomic E-state index is 12.2. The number of piperidine rings is 1. The third-order valence-corrected chi connectivity index (χ3v) is 5.74. The van der Waals surface area contributed by atoms with Crippen molar-refractivity contribution < 1.29 is 14.7 Å². The number of likely N-dealkylation sites (tertiary alicyclic amines) is 1. The van der Waals surface area contributed by atoms with E-state index in [1.807, 2.05) is 0 Å². The molecule has 3 rings (SSSR count). The van der Waals surface area contributed by atoms with Crippen LogP contribution < -0.4 is 5.32 Å². The molecule has 2 atom stereocenters. The van der Waals surface area contributed by atoms with Crippen LogP contribution in [-0.2, 0) is 4.79 Å². The molecular formula is C20H28N2O3. The van der Waals surface area contributed by atoms with E-state index in [0.717, 1.165) is 51.0 Å². The number of amides is 1. The van der Waals surface area contributed by atoms with Gasteiger partial charge in [-0.15, -0.1) is 0 Å². The van der Waals surface area contributed by atoms with Crippen LogP contribution in [0.2, 0.25) is 0 Å². The maximum Gasteiger partial charge on any atom is 0.225 e. The quantitative estimate of drug-likeness (QED) is 0.806. The number of hydrogen-bond acceptors (Lipinski definition) is 4. The molecule has 5 nitrogen and oxygen atoms in total. The second-order valence-corrected chi connectivity index (χ2v) is 7.53. The van der Waals surface area contributed by atoms with Crippen LogP contribution in [0.4, 0.5) is 5.69 Å². The van der Waals surface area contributed by atoms with Crippen LogP contribution in [0, 0.1) is 5.92 Å². The summed E-state index contributed by atoms with van der Waals surface area (Å²) in [5.41, 5.74) is 0.900. The molecule has 2 N–H and O–H groups in total. The number of anilines is 1. The first kappa shape index (κ1) is 18.1. The fourth-order valence-corrected chi connectivity index (χ4v) is 4.11. The number of benzene rings is 1. The molecule has 2 aliphatic rings. The van der Waals surface area contributed by atoms with Gasteiger partial charge in [-0.05, 0) is 50.5 Å². The third kappa shape index (κ3) is 4.47. The monoisotopic (exact) mass is 344 g/mol. The van der Waals surface area contributed by atoms with Crippen LogP contribution in [0.1, 0.15) is 55.8 Å². The smallest absolute Gasteiger partial charge is 0.225 e. The number of hydrogen-bond donors (Lipinski definition) is 2. The minimum absolute atomic E-state index is 0.0138. The molecule has 2 unspecified atom stereocenters. The fourth-order valence-electron chi connectivity index (χ4n) is 4.11. The molecule has 0 spiro atoms. The summed E-state index contributed by atoms with van der Waals surface area (Å²) in [5, 5.41) is 13.6. The zero-order chi connectivity index (χ0) is 17.9. The van der Waals surface area contributed by atoms with Crippen molar-refractivity contribution in [3.05, 3.63) is 29.8 Å². The van der Waals surface area contributed by atoms with Crippen LogP contribution in [0.15, 0.2) is 24.3 Å². The molecule has 1 aromatic carbocycles. The molecule has 5 heteroatoms. The Labute approximate surface area is 149 Å². The Hall–Kier alpha value is -1.72. The molecule has 1 heterocycles. The van der Waals surface area contributed by atoms with E-state index in [-0.39, 0.29) is 11.7 Å². The number of carbonyl (C=O) groups is 2. The zero-order valence-electron chi connectivity index (χ0n) is 15.0. The van der Waals surface area contributed by atoms with Gasteiger partial charge in [0, 0.05) is 43.2 Å². The first-order chi connectivity index (χ1) is 12.0. The van der Waals surface area contributed by atoms with E-state index in [2.05, 4.69) is 10.2 Å². The van der Waals surface area contributed by atoms with E-state index >= 15 is 0 Å². The van der Waals surface area contributed by atoms with E-state index < -0.39 is 5.60 Å². The molecule has 25 heavy (non-hydrogen) atoms. The van der Waals surface area contributed by atoms with Crippen molar-refractivity contribution in [1.29, 1.82) is 0 Å². The Balaban J connectivity index is 1.45. The molecular weight excluding hydrogens is 316 g/mol. The van der Waals surface area contributed by atoms with Crippen LogP contribution in [-0.4, -0.2) is 46.9 Å². The number of fused-ring (bicyclic) bond motifs is 1. The standard InChI is InChI=1S/C20H28N2O3/c1-15(23)16-5-7-18(8-6-16)21-19(24)9-12-22-13-11-20(25)10-3-2-4-17(20)14-22/h5-8,17,25H,2-4,9-14H2,1H3,(H,21,24). The van der Waals surface area contributed by atoms with Crippen molar-refractivity contribution in [2.45, 2.75) is 51.0 Å². The molecule has 0 aromatic heterocycles. The van der Waals surface area contributed by atoms with Crippen molar-refractivity contribution >= 4 is 17.4 Å². The Bertz CT molecular complexity index is 628. The summed E-state index contributed by atoms with van der Waals surface area (Å²) in [4.78, 5) is 25.7. The molecule has 0 bridgehead atoms. The molecule has 1 aliphatic heterocycles. The molecule has 1 saturated heterocycles. The Morgan fingerprint density at radius 1 is 1.24 bits per heavy atom. The lowest BCUT2D eigenvalue weighted by Crippen LogP contribution is -2.53. The molecule has 136 valence electrons. The van der Waals surface area contributed by atoms with E-state index in [4.69, 9.17) is 0 Å². The van der Waals surface area contributed by atoms with Crippen molar-refractivity contribution in [2.75, 3.05) is 25.0 Å². The van der Waals surface area contributed by atoms with Gasteiger partial charge in [-0.25, -0.2) is 0 Å². The molecule has 2 fully saturated rings. The minimum atomic E-state index is -0.463. The van der Waals surface area contributed by atoms with Gasteiger partial charge in [0.2, 0.25) is 5.91 Å². The normalized spacial score (nSPS) is 26.7. The molecule has 0 radical (unpaired) electrons. The van der Waals surface area contributed by atoms with Crippen LogP contribution in [0.3, 0.4) is 0 Å². The van der Waals surface area contributed by atoms with E-state index in [9.17, 15) is 14.7 Å². The molecule has 1 aromatic rings. The SMILES string of the molecule is CC(=O)c1ccc(NC(=O)CCN2CCC3(O)CCCCC3C2)cc1. The summed E-state index contributed by atoms with van der Waals surface area (Å²) in [5.74, 6) is 0.364. The molecule has 1 aliphatic carbocycles. The Kier molecular flexibility index (Phi) is 5.54. The average Bonchev–Trinajstić information content (AvgIpc) is 2.60. The number of carbonyl (C=O) groups excluding carboxylic acids is 2. The largest absolute Gasteiger partial charge is 0.390 e. The highest BCUT2D eigenvalue weighted by Gasteiger charge is 2.42. The summed E-state index contributed by atoms with van der Waals surface area (Å²) in [6.07, 6.45) is 5.64. The number of ketones is 1. The Morgan fingerprint density at radius 2 is 2.00 bits per heavy atom. The van der Waals surface area contributed by atoms with Gasteiger partial charge in [0.1, 0.15) is 0 Å². The predicted molar refractivity (Wildman–Crippen MR) is 97.7 cm³/mol. The predicted octanol–water partition coefficient (Wildman–Crippen LogP) is 2.84. The number of Topliss-reactive ketones (excluding diaryl/α,β-unsaturated/α-hetero) is 1. The highest BCUT2D eigenvalue weighted by molar-refractivity contribution is 5.95. The van der Waals surface area contributed by atoms with Gasteiger partial charge in [-0.1, -0.05) is 12.8 Å². The lowest BCUT2D eigenvalue weighted by molar-refractivity contribution is -0.117. The highest BCUT2D eigenvalue weighted by atomic mass is 16.3. The van der Waals surface area contributed by atoms with E-state index in [1.54, 1.807) is 24.3 Å². The number of rotatable bonds is 5. The van der Waals surface area contributed by atoms with Crippen molar-refractivity contribution in [3.8, 4) is 0 Å². The van der Waals surface area contributed by atoms with Crippen molar-refractivity contribution in [1.82, 2.24) is 4.90 Å². The minimum Gasteiger partial charge on any atom is -0.390 e. The summed E-state index contributed by atoms with van der Waals surface area (Å²) in [6.45, 7) is 4.02. The third-order valence-electron chi connectivity index (χ3n) is 5.74. The van der Waals surface area contributed by atoms with Crippen molar-refractivity contribution in [2.24, 2.45) is 5.92 Å². The summed E-state index contributed by atoms with van der Waals surface area (Å²) in [6, 6.07) is 6.98. The number of nitrogens with zero attached hydrogens (tertiary/aromatic N) is 1. The second kappa shape index (κ2) is 7.67. The second-order valence-electron chi connectivity index (χ2n) is 7.53.